The molecule has 2 aliphatic rings. The lowest BCUT2D eigenvalue weighted by molar-refractivity contribution is 0.403. The predicted molar refractivity (Wildman–Crippen MR) is 79.9 cm³/mol. The van der Waals surface area contributed by atoms with Gasteiger partial charge in [-0.15, -0.1) is 0 Å². The van der Waals surface area contributed by atoms with Crippen molar-refractivity contribution in [1.82, 2.24) is 4.31 Å². The third kappa shape index (κ3) is 1.95. The minimum Gasteiger partial charge on any atom is -0.207 e. The van der Waals surface area contributed by atoms with Crippen molar-refractivity contribution >= 4 is 10.0 Å². The van der Waals surface area contributed by atoms with Crippen LogP contribution in [-0.2, 0) is 10.0 Å². The topological polar surface area (TPSA) is 37.4 Å². The Hall–Kier alpha value is -1.39. The van der Waals surface area contributed by atoms with E-state index >= 15 is 0 Å². The van der Waals surface area contributed by atoms with E-state index in [0.29, 0.717) is 11.4 Å². The van der Waals surface area contributed by atoms with Gasteiger partial charge in [0.1, 0.15) is 0 Å². The van der Waals surface area contributed by atoms with Crippen molar-refractivity contribution in [3.63, 3.8) is 0 Å². The Morgan fingerprint density at radius 2 is 1.95 bits per heavy atom. The van der Waals surface area contributed by atoms with Gasteiger partial charge in [-0.05, 0) is 31.1 Å². The van der Waals surface area contributed by atoms with Crippen LogP contribution in [0.25, 0.3) is 0 Å². The number of hydrogen-bond donors (Lipinski definition) is 0. The second kappa shape index (κ2) is 4.30. The number of allylic oxidation sites excluding steroid dienone is 1. The predicted octanol–water partition coefficient (Wildman–Crippen LogP) is 2.89. The van der Waals surface area contributed by atoms with Crippen LogP contribution in [-0.4, -0.2) is 25.3 Å². The van der Waals surface area contributed by atoms with Gasteiger partial charge in [-0.3, -0.25) is 0 Å². The first-order chi connectivity index (χ1) is 9.33. The van der Waals surface area contributed by atoms with Crippen molar-refractivity contribution in [3.05, 3.63) is 54.1 Å². The molecule has 1 fully saturated rings. The Bertz CT molecular complexity index is 688. The second-order valence-electron chi connectivity index (χ2n) is 6.08. The van der Waals surface area contributed by atoms with Gasteiger partial charge >= 0.3 is 0 Å². The fourth-order valence-corrected chi connectivity index (χ4v) is 4.73. The molecule has 1 aliphatic heterocycles. The maximum Gasteiger partial charge on any atom is 0.243 e. The molecule has 0 N–H and O–H groups in total. The van der Waals surface area contributed by atoms with E-state index in [9.17, 15) is 8.42 Å². The normalized spacial score (nSPS) is 29.9. The Balaban J connectivity index is 2.00. The molecule has 0 amide bonds. The Morgan fingerprint density at radius 3 is 2.55 bits per heavy atom. The van der Waals surface area contributed by atoms with E-state index in [0.717, 1.165) is 17.6 Å². The Labute approximate surface area is 120 Å². The van der Waals surface area contributed by atoms with Crippen LogP contribution in [0.5, 0.6) is 0 Å². The number of fused-ring (bicyclic) bond motifs is 2. The highest BCUT2D eigenvalue weighted by molar-refractivity contribution is 7.89. The largest absolute Gasteiger partial charge is 0.243 e. The van der Waals surface area contributed by atoms with Crippen LogP contribution in [0.15, 0.2) is 53.5 Å². The zero-order valence-electron chi connectivity index (χ0n) is 11.8. The highest BCUT2D eigenvalue weighted by Crippen LogP contribution is 2.46. The minimum atomic E-state index is -3.43. The molecule has 1 saturated heterocycles. The standard InChI is InChI=1S/C16H19NO2S/c1-12-4-8-15(9-5-12)20(18,19)17-11-16(3)10-14(17)7-6-13(16)2/h4-9,14H,2,10-11H2,1,3H3/t14-,16-/m0/s1. The molecule has 106 valence electrons. The van der Waals surface area contributed by atoms with Gasteiger partial charge in [0.05, 0.1) is 4.90 Å². The van der Waals surface area contributed by atoms with Crippen LogP contribution >= 0.6 is 0 Å². The zero-order valence-corrected chi connectivity index (χ0v) is 12.7. The van der Waals surface area contributed by atoms with E-state index < -0.39 is 10.0 Å². The van der Waals surface area contributed by atoms with Crippen LogP contribution in [0.1, 0.15) is 18.9 Å². The molecule has 2 bridgehead atoms. The summed E-state index contributed by atoms with van der Waals surface area (Å²) >= 11 is 0. The van der Waals surface area contributed by atoms with Gasteiger partial charge in [0.15, 0.2) is 0 Å². The average molecular weight is 289 g/mol. The first-order valence-corrected chi connectivity index (χ1v) is 8.23. The number of sulfonamides is 1. The molecule has 0 unspecified atom stereocenters. The fraction of sp³-hybridized carbons (Fsp3) is 0.375. The van der Waals surface area contributed by atoms with Gasteiger partial charge in [-0.1, -0.05) is 43.4 Å². The van der Waals surface area contributed by atoms with Crippen molar-refractivity contribution in [3.8, 4) is 0 Å². The maximum atomic E-state index is 12.8. The molecule has 1 aromatic carbocycles. The summed E-state index contributed by atoms with van der Waals surface area (Å²) in [4.78, 5) is 0.373. The van der Waals surface area contributed by atoms with Crippen LogP contribution < -0.4 is 0 Å². The van der Waals surface area contributed by atoms with Gasteiger partial charge < -0.3 is 0 Å². The van der Waals surface area contributed by atoms with Gasteiger partial charge in [-0.2, -0.15) is 4.31 Å². The highest BCUT2D eigenvalue weighted by Gasteiger charge is 2.48. The van der Waals surface area contributed by atoms with Crippen molar-refractivity contribution in [2.24, 2.45) is 5.41 Å². The van der Waals surface area contributed by atoms with Crippen LogP contribution in [0.2, 0.25) is 0 Å². The number of benzene rings is 1. The average Bonchev–Trinajstić information content (AvgIpc) is 2.70. The molecular weight excluding hydrogens is 270 g/mol. The van der Waals surface area contributed by atoms with Crippen LogP contribution in [0.3, 0.4) is 0 Å². The smallest absolute Gasteiger partial charge is 0.207 e. The van der Waals surface area contributed by atoms with Crippen LogP contribution in [0.4, 0.5) is 0 Å². The van der Waals surface area contributed by atoms with E-state index in [4.69, 9.17) is 0 Å². The first-order valence-electron chi connectivity index (χ1n) is 6.79. The fourth-order valence-electron chi connectivity index (χ4n) is 3.02. The molecule has 0 spiro atoms. The lowest BCUT2D eigenvalue weighted by atomic mass is 9.78. The van der Waals surface area contributed by atoms with Crippen molar-refractivity contribution in [2.45, 2.75) is 31.2 Å². The number of nitrogens with zero attached hydrogens (tertiary/aromatic N) is 1. The summed E-state index contributed by atoms with van der Waals surface area (Å²) < 4.78 is 27.2. The molecule has 0 aromatic heterocycles. The number of rotatable bonds is 2. The van der Waals surface area contributed by atoms with Gasteiger partial charge in [0.2, 0.25) is 10.0 Å². The highest BCUT2D eigenvalue weighted by atomic mass is 32.2. The molecule has 3 rings (SSSR count). The Morgan fingerprint density at radius 1 is 1.30 bits per heavy atom. The summed E-state index contributed by atoms with van der Waals surface area (Å²) in [5, 5.41) is 0. The summed E-state index contributed by atoms with van der Waals surface area (Å²) in [6, 6.07) is 7.01. The van der Waals surface area contributed by atoms with E-state index in [1.165, 1.54) is 0 Å². The summed E-state index contributed by atoms with van der Waals surface area (Å²) in [6.45, 7) is 8.62. The molecule has 3 nitrogen and oxygen atoms in total. The molecule has 2 atom stereocenters. The van der Waals surface area contributed by atoms with Crippen molar-refractivity contribution in [1.29, 1.82) is 0 Å². The second-order valence-corrected chi connectivity index (χ2v) is 7.97. The maximum absolute atomic E-state index is 12.8. The molecule has 1 aromatic rings. The molecule has 0 radical (unpaired) electrons. The lowest BCUT2D eigenvalue weighted by Crippen LogP contribution is -2.34. The van der Waals surface area contributed by atoms with Crippen LogP contribution in [0, 0.1) is 12.3 Å². The number of aryl methyl sites for hydroxylation is 1. The number of hydrogen-bond acceptors (Lipinski definition) is 2. The Kier molecular flexibility index (Phi) is 2.92. The zero-order chi connectivity index (χ0) is 14.5. The minimum absolute atomic E-state index is 0.0446. The SMILES string of the molecule is C=C1C=C[C@H]2C[C@@]1(C)CN2S(=O)(=O)c1ccc(C)cc1. The van der Waals surface area contributed by atoms with E-state index in [-0.39, 0.29) is 11.5 Å². The molecule has 20 heavy (non-hydrogen) atoms. The summed E-state index contributed by atoms with van der Waals surface area (Å²) in [5.74, 6) is 0. The third-order valence-electron chi connectivity index (χ3n) is 4.46. The first kappa shape index (κ1) is 13.6. The molecule has 1 aliphatic carbocycles. The quantitative estimate of drug-likeness (QED) is 0.839. The third-order valence-corrected chi connectivity index (χ3v) is 6.34. The van der Waals surface area contributed by atoms with Gasteiger partial charge in [0.25, 0.3) is 0 Å². The van der Waals surface area contributed by atoms with Crippen molar-refractivity contribution < 1.29 is 8.42 Å². The van der Waals surface area contributed by atoms with E-state index in [2.05, 4.69) is 13.5 Å². The summed E-state index contributed by atoms with van der Waals surface area (Å²) in [5.41, 5.74) is 1.96. The van der Waals surface area contributed by atoms with Gasteiger partial charge in [0, 0.05) is 18.0 Å². The van der Waals surface area contributed by atoms with E-state index in [1.807, 2.05) is 31.2 Å². The lowest BCUT2D eigenvalue weighted by Gasteiger charge is -2.25. The summed E-state index contributed by atoms with van der Waals surface area (Å²) in [7, 11) is -3.43. The molecule has 4 heteroatoms. The van der Waals surface area contributed by atoms with Gasteiger partial charge in [-0.25, -0.2) is 8.42 Å². The molecule has 1 heterocycles. The monoisotopic (exact) mass is 289 g/mol. The molecular formula is C16H19NO2S. The molecule has 0 saturated carbocycles. The van der Waals surface area contributed by atoms with Crippen molar-refractivity contribution in [2.75, 3.05) is 6.54 Å². The van der Waals surface area contributed by atoms with E-state index in [1.54, 1.807) is 16.4 Å². The summed E-state index contributed by atoms with van der Waals surface area (Å²) in [6.07, 6.45) is 4.76.